The molecule has 1 fully saturated rings. The molecule has 1 saturated heterocycles. The van der Waals surface area contributed by atoms with Crippen LogP contribution in [0.3, 0.4) is 0 Å². The van der Waals surface area contributed by atoms with Gasteiger partial charge in [0.2, 0.25) is 0 Å². The molecule has 2 nitrogen and oxygen atoms in total. The van der Waals surface area contributed by atoms with Gasteiger partial charge in [-0.3, -0.25) is 0 Å². The molecule has 0 spiro atoms. The Kier molecular flexibility index (Phi) is 5.81. The number of ether oxygens (including phenoxy) is 1. The summed E-state index contributed by atoms with van der Waals surface area (Å²) in [4.78, 5) is 0. The van der Waals surface area contributed by atoms with Gasteiger partial charge in [0, 0.05) is 6.54 Å². The van der Waals surface area contributed by atoms with Crippen LogP contribution in [0.4, 0.5) is 0 Å². The molecule has 0 amide bonds. The van der Waals surface area contributed by atoms with Crippen LogP contribution in [0.15, 0.2) is 24.3 Å². The highest BCUT2D eigenvalue weighted by Crippen LogP contribution is 2.12. The van der Waals surface area contributed by atoms with Gasteiger partial charge in [-0.25, -0.2) is 0 Å². The zero-order valence-corrected chi connectivity index (χ0v) is 10.6. The zero-order valence-electron chi connectivity index (χ0n) is 9.74. The number of halogens is 1. The molecule has 16 heavy (non-hydrogen) atoms. The van der Waals surface area contributed by atoms with Crippen molar-refractivity contribution in [3.05, 3.63) is 35.4 Å². The van der Waals surface area contributed by atoms with Crippen molar-refractivity contribution in [2.24, 2.45) is 0 Å². The molecule has 1 aromatic carbocycles. The summed E-state index contributed by atoms with van der Waals surface area (Å²) in [6.45, 7) is 5.03. The monoisotopic (exact) mass is 241 g/mol. The van der Waals surface area contributed by atoms with E-state index in [9.17, 15) is 0 Å². The first-order chi connectivity index (χ1) is 7.36. The Morgan fingerprint density at radius 3 is 2.88 bits per heavy atom. The second kappa shape index (κ2) is 6.89. The summed E-state index contributed by atoms with van der Waals surface area (Å²) in [5, 5.41) is 3.36. The lowest BCUT2D eigenvalue weighted by Crippen LogP contribution is -2.35. The van der Waals surface area contributed by atoms with Crippen LogP contribution in [-0.4, -0.2) is 19.2 Å². The summed E-state index contributed by atoms with van der Waals surface area (Å²) in [6, 6.07) is 8.43. The second-order valence-corrected chi connectivity index (χ2v) is 4.21. The standard InChI is InChI=1S/C13H19NO.ClH/c1-11-5-2-3-6-12(11)10-15-13-7-4-8-14-9-13;/h2-3,5-6,13-14H,4,7-10H2,1H3;1H. The molecule has 0 aromatic heterocycles. The summed E-state index contributed by atoms with van der Waals surface area (Å²) in [6.07, 6.45) is 2.83. The van der Waals surface area contributed by atoms with Gasteiger partial charge in [0.05, 0.1) is 12.7 Å². The Morgan fingerprint density at radius 1 is 1.38 bits per heavy atom. The third kappa shape index (κ3) is 3.78. The van der Waals surface area contributed by atoms with E-state index in [0.717, 1.165) is 19.7 Å². The average molecular weight is 242 g/mol. The highest BCUT2D eigenvalue weighted by molar-refractivity contribution is 5.85. The Morgan fingerprint density at radius 2 is 2.19 bits per heavy atom. The van der Waals surface area contributed by atoms with Crippen molar-refractivity contribution >= 4 is 12.4 Å². The topological polar surface area (TPSA) is 21.3 Å². The van der Waals surface area contributed by atoms with E-state index in [2.05, 4.69) is 36.5 Å². The average Bonchev–Trinajstić information content (AvgIpc) is 2.29. The van der Waals surface area contributed by atoms with Gasteiger partial charge in [0.25, 0.3) is 0 Å². The third-order valence-electron chi connectivity index (χ3n) is 2.99. The van der Waals surface area contributed by atoms with Crippen LogP contribution in [0.1, 0.15) is 24.0 Å². The predicted molar refractivity (Wildman–Crippen MR) is 69.1 cm³/mol. The molecule has 1 heterocycles. The molecule has 1 aromatic rings. The Labute approximate surface area is 104 Å². The molecule has 0 saturated carbocycles. The fourth-order valence-electron chi connectivity index (χ4n) is 1.94. The SMILES string of the molecule is Cc1ccccc1COC1CCCNC1.Cl. The van der Waals surface area contributed by atoms with E-state index in [0.29, 0.717) is 6.10 Å². The van der Waals surface area contributed by atoms with Crippen molar-refractivity contribution in [2.45, 2.75) is 32.5 Å². The van der Waals surface area contributed by atoms with Crippen LogP contribution in [0.25, 0.3) is 0 Å². The lowest BCUT2D eigenvalue weighted by Gasteiger charge is -2.23. The van der Waals surface area contributed by atoms with Crippen molar-refractivity contribution in [1.29, 1.82) is 0 Å². The van der Waals surface area contributed by atoms with E-state index >= 15 is 0 Å². The molecular weight excluding hydrogens is 222 g/mol. The molecule has 1 aliphatic rings. The maximum Gasteiger partial charge on any atom is 0.0723 e. The number of benzene rings is 1. The van der Waals surface area contributed by atoms with Crippen molar-refractivity contribution < 1.29 is 4.74 Å². The largest absolute Gasteiger partial charge is 0.372 e. The number of hydrogen-bond acceptors (Lipinski definition) is 2. The Balaban J connectivity index is 0.00000128. The van der Waals surface area contributed by atoms with Gasteiger partial charge in [0.15, 0.2) is 0 Å². The van der Waals surface area contributed by atoms with Crippen LogP contribution in [0.5, 0.6) is 0 Å². The van der Waals surface area contributed by atoms with E-state index in [4.69, 9.17) is 4.74 Å². The number of hydrogen-bond donors (Lipinski definition) is 1. The van der Waals surface area contributed by atoms with Gasteiger partial charge in [-0.15, -0.1) is 12.4 Å². The Hall–Kier alpha value is -0.570. The van der Waals surface area contributed by atoms with Gasteiger partial charge >= 0.3 is 0 Å². The van der Waals surface area contributed by atoms with Crippen LogP contribution < -0.4 is 5.32 Å². The van der Waals surface area contributed by atoms with E-state index in [1.165, 1.54) is 24.0 Å². The first-order valence-corrected chi connectivity index (χ1v) is 5.73. The number of nitrogens with one attached hydrogen (secondary N) is 1. The highest BCUT2D eigenvalue weighted by atomic mass is 35.5. The number of piperidine rings is 1. The third-order valence-corrected chi connectivity index (χ3v) is 2.99. The van der Waals surface area contributed by atoms with Crippen molar-refractivity contribution in [2.75, 3.05) is 13.1 Å². The molecule has 1 atom stereocenters. The van der Waals surface area contributed by atoms with E-state index in [1.807, 2.05) is 0 Å². The van der Waals surface area contributed by atoms with E-state index < -0.39 is 0 Å². The molecule has 1 unspecified atom stereocenters. The number of aryl methyl sites for hydroxylation is 1. The molecule has 3 heteroatoms. The lowest BCUT2D eigenvalue weighted by molar-refractivity contribution is 0.0250. The maximum atomic E-state index is 5.89. The molecular formula is C13H20ClNO. The summed E-state index contributed by atoms with van der Waals surface area (Å²) < 4.78 is 5.89. The predicted octanol–water partition coefficient (Wildman–Crippen LogP) is 2.69. The van der Waals surface area contributed by atoms with Gasteiger partial charge in [-0.1, -0.05) is 24.3 Å². The summed E-state index contributed by atoms with van der Waals surface area (Å²) in [7, 11) is 0. The summed E-state index contributed by atoms with van der Waals surface area (Å²) >= 11 is 0. The molecule has 0 bridgehead atoms. The van der Waals surface area contributed by atoms with Gasteiger partial charge in [-0.05, 0) is 37.4 Å². The van der Waals surface area contributed by atoms with Crippen LogP contribution in [0, 0.1) is 6.92 Å². The van der Waals surface area contributed by atoms with Crippen LogP contribution in [-0.2, 0) is 11.3 Å². The molecule has 1 N–H and O–H groups in total. The maximum absolute atomic E-state index is 5.89. The fraction of sp³-hybridized carbons (Fsp3) is 0.538. The molecule has 1 aliphatic heterocycles. The van der Waals surface area contributed by atoms with Crippen molar-refractivity contribution in [3.63, 3.8) is 0 Å². The smallest absolute Gasteiger partial charge is 0.0723 e. The van der Waals surface area contributed by atoms with Gasteiger partial charge in [0.1, 0.15) is 0 Å². The van der Waals surface area contributed by atoms with Crippen LogP contribution in [0.2, 0.25) is 0 Å². The van der Waals surface area contributed by atoms with E-state index in [1.54, 1.807) is 0 Å². The highest BCUT2D eigenvalue weighted by Gasteiger charge is 2.13. The molecule has 90 valence electrons. The number of rotatable bonds is 3. The van der Waals surface area contributed by atoms with Gasteiger partial charge < -0.3 is 10.1 Å². The molecule has 0 aliphatic carbocycles. The summed E-state index contributed by atoms with van der Waals surface area (Å²) in [5.41, 5.74) is 2.63. The van der Waals surface area contributed by atoms with E-state index in [-0.39, 0.29) is 12.4 Å². The molecule has 0 radical (unpaired) electrons. The minimum atomic E-state index is 0. The minimum Gasteiger partial charge on any atom is -0.372 e. The lowest BCUT2D eigenvalue weighted by atomic mass is 10.1. The second-order valence-electron chi connectivity index (χ2n) is 4.21. The normalized spacial score (nSPS) is 20.2. The first kappa shape index (κ1) is 13.5. The summed E-state index contributed by atoms with van der Waals surface area (Å²) in [5.74, 6) is 0. The first-order valence-electron chi connectivity index (χ1n) is 5.73. The van der Waals surface area contributed by atoms with Gasteiger partial charge in [-0.2, -0.15) is 0 Å². The quantitative estimate of drug-likeness (QED) is 0.879. The molecule has 2 rings (SSSR count). The van der Waals surface area contributed by atoms with Crippen molar-refractivity contribution in [3.8, 4) is 0 Å². The Bertz CT molecular complexity index is 311. The zero-order chi connectivity index (χ0) is 10.5. The minimum absolute atomic E-state index is 0. The fourth-order valence-corrected chi connectivity index (χ4v) is 1.94. The van der Waals surface area contributed by atoms with Crippen LogP contribution >= 0.6 is 12.4 Å². The van der Waals surface area contributed by atoms with Crippen molar-refractivity contribution in [1.82, 2.24) is 5.32 Å².